The van der Waals surface area contributed by atoms with Crippen LogP contribution in [0.4, 0.5) is 5.69 Å². The number of aryl methyl sites for hydroxylation is 1. The Morgan fingerprint density at radius 1 is 1.13 bits per heavy atom. The predicted octanol–water partition coefficient (Wildman–Crippen LogP) is 2.01. The molecule has 0 fully saturated rings. The molecule has 1 heterocycles. The maximum atomic E-state index is 12.7. The molecule has 0 aliphatic rings. The fourth-order valence-electron chi connectivity index (χ4n) is 3.00. The molecule has 8 heteroatoms. The van der Waals surface area contributed by atoms with Crippen molar-refractivity contribution >= 4 is 28.3 Å². The number of amides is 1. The van der Waals surface area contributed by atoms with Gasteiger partial charge >= 0.3 is 0 Å². The molecule has 0 aliphatic heterocycles. The minimum Gasteiger partial charge on any atom is -0.506 e. The number of likely N-dealkylation sites (N-methyl/N-ethyl adjacent to an activating group) is 1. The van der Waals surface area contributed by atoms with Crippen molar-refractivity contribution in [2.75, 3.05) is 32.6 Å². The molecule has 0 aliphatic carbocycles. The largest absolute Gasteiger partial charge is 0.506 e. The van der Waals surface area contributed by atoms with E-state index in [9.17, 15) is 19.5 Å². The quantitative estimate of drug-likeness (QED) is 0.457. The van der Waals surface area contributed by atoms with Gasteiger partial charge in [0.05, 0.1) is 5.52 Å². The van der Waals surface area contributed by atoms with E-state index in [1.165, 1.54) is 11.6 Å². The van der Waals surface area contributed by atoms with E-state index in [0.717, 1.165) is 6.54 Å². The summed E-state index contributed by atoms with van der Waals surface area (Å²) in [5.74, 6) is -2.11. The third kappa shape index (κ3) is 4.33. The summed E-state index contributed by atoms with van der Waals surface area (Å²) in [4.78, 5) is 39.8. The van der Waals surface area contributed by atoms with Gasteiger partial charge in [-0.05, 0) is 38.4 Å². The summed E-state index contributed by atoms with van der Waals surface area (Å²) < 4.78 is 6.85. The van der Waals surface area contributed by atoms with Crippen LogP contribution in [0, 0.1) is 0 Å². The van der Waals surface area contributed by atoms with Crippen molar-refractivity contribution in [3.05, 3.63) is 64.4 Å². The molecule has 1 amide bonds. The highest BCUT2D eigenvalue weighted by atomic mass is 16.5. The van der Waals surface area contributed by atoms with Crippen molar-refractivity contribution in [1.29, 1.82) is 0 Å². The van der Waals surface area contributed by atoms with Crippen LogP contribution >= 0.6 is 0 Å². The molecule has 2 aromatic carbocycles. The molecule has 3 aromatic rings. The third-order valence-electron chi connectivity index (χ3n) is 4.61. The van der Waals surface area contributed by atoms with Gasteiger partial charge in [-0.2, -0.15) is 0 Å². The second-order valence-corrected chi connectivity index (χ2v) is 7.07. The Hall–Kier alpha value is -3.65. The Bertz CT molecular complexity index is 1170. The molecule has 2 N–H and O–H groups in total. The van der Waals surface area contributed by atoms with E-state index in [1.54, 1.807) is 48.5 Å². The second-order valence-electron chi connectivity index (χ2n) is 7.07. The van der Waals surface area contributed by atoms with Gasteiger partial charge in [0.1, 0.15) is 23.7 Å². The lowest BCUT2D eigenvalue weighted by atomic mass is 10.1. The van der Waals surface area contributed by atoms with Gasteiger partial charge in [0.15, 0.2) is 0 Å². The molecule has 0 bridgehead atoms. The number of rotatable bonds is 7. The molecule has 0 radical (unpaired) electrons. The molecule has 8 nitrogen and oxygen atoms in total. The molecule has 0 unspecified atom stereocenters. The zero-order chi connectivity index (χ0) is 21.8. The molecular formula is C22H23N3O5. The number of para-hydroxylation sites is 1. The summed E-state index contributed by atoms with van der Waals surface area (Å²) in [5.41, 5.74) is -0.508. The van der Waals surface area contributed by atoms with Crippen LogP contribution in [-0.4, -0.2) is 53.5 Å². The molecular weight excluding hydrogens is 386 g/mol. The minimum atomic E-state index is -1.11. The van der Waals surface area contributed by atoms with E-state index >= 15 is 0 Å². The van der Waals surface area contributed by atoms with Gasteiger partial charge < -0.3 is 24.6 Å². The number of benzene rings is 2. The number of anilines is 1. The molecule has 0 saturated heterocycles. The minimum absolute atomic E-state index is 0.312. The number of pyridine rings is 1. The average molecular weight is 409 g/mol. The van der Waals surface area contributed by atoms with Gasteiger partial charge in [-0.1, -0.05) is 18.2 Å². The van der Waals surface area contributed by atoms with Gasteiger partial charge in [0, 0.05) is 30.7 Å². The fourth-order valence-corrected chi connectivity index (χ4v) is 3.00. The number of aromatic hydroxyl groups is 1. The van der Waals surface area contributed by atoms with Gasteiger partial charge in [0.2, 0.25) is 0 Å². The first kappa shape index (κ1) is 21.1. The van der Waals surface area contributed by atoms with Crippen molar-refractivity contribution in [3.63, 3.8) is 0 Å². The number of nitrogens with zero attached hydrogens (tertiary/aromatic N) is 2. The van der Waals surface area contributed by atoms with Crippen LogP contribution in [0.3, 0.4) is 0 Å². The zero-order valence-electron chi connectivity index (χ0n) is 17.0. The monoisotopic (exact) mass is 409 g/mol. The number of Topliss-reactive ketones (excluding diaryl/α,β-unsaturated/α-hetero) is 1. The topological polar surface area (TPSA) is 101 Å². The van der Waals surface area contributed by atoms with Crippen molar-refractivity contribution in [2.45, 2.75) is 0 Å². The van der Waals surface area contributed by atoms with Crippen molar-refractivity contribution in [2.24, 2.45) is 7.05 Å². The van der Waals surface area contributed by atoms with Crippen LogP contribution in [0.2, 0.25) is 0 Å². The maximum Gasteiger partial charge on any atom is 0.297 e. The smallest absolute Gasteiger partial charge is 0.297 e. The lowest BCUT2D eigenvalue weighted by Gasteiger charge is -2.13. The second kappa shape index (κ2) is 8.79. The standard InChI is InChI=1S/C22H23N3O5/c1-24(2)11-12-30-15-8-6-7-14(13-15)23-21(28)20(27)18-19(26)16-9-4-5-10-17(16)25(3)22(18)29/h4-10,13,26H,11-12H2,1-3H3,(H,23,28). The molecule has 156 valence electrons. The number of carbonyl (C=O) groups excluding carboxylic acids is 2. The van der Waals surface area contributed by atoms with Crippen LogP contribution in [0.25, 0.3) is 10.9 Å². The molecule has 0 atom stereocenters. The number of ketones is 1. The Balaban J connectivity index is 1.84. The van der Waals surface area contributed by atoms with E-state index in [-0.39, 0.29) is 0 Å². The zero-order valence-corrected chi connectivity index (χ0v) is 17.0. The van der Waals surface area contributed by atoms with Crippen LogP contribution in [0.1, 0.15) is 10.4 Å². The number of aromatic nitrogens is 1. The first-order valence-electron chi connectivity index (χ1n) is 9.33. The summed E-state index contributed by atoms with van der Waals surface area (Å²) in [7, 11) is 5.34. The summed E-state index contributed by atoms with van der Waals surface area (Å²) in [6.45, 7) is 1.18. The lowest BCUT2D eigenvalue weighted by molar-refractivity contribution is -0.112. The fraction of sp³-hybridized carbons (Fsp3) is 0.227. The summed E-state index contributed by atoms with van der Waals surface area (Å²) in [5, 5.41) is 13.3. The van der Waals surface area contributed by atoms with E-state index in [2.05, 4.69) is 5.32 Å². The highest BCUT2D eigenvalue weighted by molar-refractivity contribution is 6.47. The number of hydrogen-bond donors (Lipinski definition) is 2. The number of carbonyl (C=O) groups is 2. The summed E-state index contributed by atoms with van der Waals surface area (Å²) in [6, 6.07) is 13.2. The Kier molecular flexibility index (Phi) is 6.17. The highest BCUT2D eigenvalue weighted by Gasteiger charge is 2.26. The molecule has 30 heavy (non-hydrogen) atoms. The number of fused-ring (bicyclic) bond motifs is 1. The first-order chi connectivity index (χ1) is 14.3. The normalized spacial score (nSPS) is 10.9. The average Bonchev–Trinajstić information content (AvgIpc) is 2.72. The Labute approximate surface area is 173 Å². The van der Waals surface area contributed by atoms with Gasteiger partial charge in [0.25, 0.3) is 17.2 Å². The molecule has 3 rings (SSSR count). The SMILES string of the molecule is CN(C)CCOc1cccc(NC(=O)C(=O)c2c(O)c3ccccc3n(C)c2=O)c1. The van der Waals surface area contributed by atoms with Gasteiger partial charge in [-0.3, -0.25) is 14.4 Å². The third-order valence-corrected chi connectivity index (χ3v) is 4.61. The molecule has 0 saturated carbocycles. The van der Waals surface area contributed by atoms with E-state index in [1.807, 2.05) is 19.0 Å². The van der Waals surface area contributed by atoms with Crippen LogP contribution in [0.15, 0.2) is 53.3 Å². The Morgan fingerprint density at radius 3 is 2.60 bits per heavy atom. The highest BCUT2D eigenvalue weighted by Crippen LogP contribution is 2.26. The first-order valence-corrected chi connectivity index (χ1v) is 9.33. The lowest BCUT2D eigenvalue weighted by Crippen LogP contribution is -2.31. The van der Waals surface area contributed by atoms with E-state index in [4.69, 9.17) is 4.74 Å². The van der Waals surface area contributed by atoms with Crippen LogP contribution < -0.4 is 15.6 Å². The molecule has 1 aromatic heterocycles. The summed E-state index contributed by atoms with van der Waals surface area (Å²) in [6.07, 6.45) is 0. The number of ether oxygens (including phenoxy) is 1. The van der Waals surface area contributed by atoms with Gasteiger partial charge in [-0.25, -0.2) is 0 Å². The van der Waals surface area contributed by atoms with Crippen molar-refractivity contribution in [3.8, 4) is 11.5 Å². The van der Waals surface area contributed by atoms with E-state index < -0.39 is 28.6 Å². The van der Waals surface area contributed by atoms with E-state index in [0.29, 0.717) is 28.9 Å². The summed E-state index contributed by atoms with van der Waals surface area (Å²) >= 11 is 0. The Morgan fingerprint density at radius 2 is 1.87 bits per heavy atom. The maximum absolute atomic E-state index is 12.7. The van der Waals surface area contributed by atoms with Crippen LogP contribution in [0.5, 0.6) is 11.5 Å². The van der Waals surface area contributed by atoms with Crippen molar-refractivity contribution < 1.29 is 19.4 Å². The van der Waals surface area contributed by atoms with Gasteiger partial charge in [-0.15, -0.1) is 0 Å². The molecule has 0 spiro atoms. The number of hydrogen-bond acceptors (Lipinski definition) is 6. The number of nitrogens with one attached hydrogen (secondary N) is 1. The predicted molar refractivity (Wildman–Crippen MR) is 114 cm³/mol. The van der Waals surface area contributed by atoms with Crippen LogP contribution in [-0.2, 0) is 11.8 Å². The van der Waals surface area contributed by atoms with Crippen molar-refractivity contribution in [1.82, 2.24) is 9.47 Å².